The van der Waals surface area contributed by atoms with Gasteiger partial charge in [0.2, 0.25) is 5.91 Å². The van der Waals surface area contributed by atoms with Crippen molar-refractivity contribution in [3.8, 4) is 5.75 Å². The van der Waals surface area contributed by atoms with Gasteiger partial charge in [-0.2, -0.15) is 0 Å². The Morgan fingerprint density at radius 3 is 2.67 bits per heavy atom. The number of piperidine rings is 1. The van der Waals surface area contributed by atoms with Gasteiger partial charge in [0.15, 0.2) is 9.84 Å². The van der Waals surface area contributed by atoms with Gasteiger partial charge in [-0.3, -0.25) is 4.79 Å². The molecular formula is C17H26N2O4S. The maximum absolute atomic E-state index is 12.4. The number of rotatable bonds is 7. The van der Waals surface area contributed by atoms with Crippen LogP contribution in [-0.4, -0.2) is 46.8 Å². The number of hydrogen-bond acceptors (Lipinski definition) is 5. The Hall–Kier alpha value is -1.60. The fourth-order valence-electron chi connectivity index (χ4n) is 2.80. The third-order valence-electron chi connectivity index (χ3n) is 4.30. The Labute approximate surface area is 143 Å². The molecule has 1 aliphatic heterocycles. The molecule has 24 heavy (non-hydrogen) atoms. The summed E-state index contributed by atoms with van der Waals surface area (Å²) in [5.74, 6) is 0.0221. The lowest BCUT2D eigenvalue weighted by molar-refractivity contribution is -0.124. The average Bonchev–Trinajstić information content (AvgIpc) is 2.60. The molecule has 0 aromatic heterocycles. The highest BCUT2D eigenvalue weighted by Gasteiger charge is 2.24. The summed E-state index contributed by atoms with van der Waals surface area (Å²) in [4.78, 5) is 12.4. The number of ether oxygens (including phenoxy) is 1. The summed E-state index contributed by atoms with van der Waals surface area (Å²) in [5.41, 5.74) is 0. The lowest BCUT2D eigenvalue weighted by atomic mass is 9.99. The summed E-state index contributed by atoms with van der Waals surface area (Å²) in [6.07, 6.45) is 2.20. The fourth-order valence-corrected chi connectivity index (χ4v) is 4.35. The molecule has 1 heterocycles. The molecule has 1 aromatic carbocycles. The van der Waals surface area contributed by atoms with E-state index in [1.165, 1.54) is 19.2 Å². The lowest BCUT2D eigenvalue weighted by Crippen LogP contribution is -2.40. The minimum Gasteiger partial charge on any atom is -0.497 e. The van der Waals surface area contributed by atoms with Gasteiger partial charge in [0.25, 0.3) is 0 Å². The number of amides is 1. The van der Waals surface area contributed by atoms with E-state index in [1.807, 2.05) is 0 Å². The first-order valence-corrected chi connectivity index (χ1v) is 9.93. The number of hydrogen-bond donors (Lipinski definition) is 2. The zero-order valence-electron chi connectivity index (χ0n) is 14.2. The van der Waals surface area contributed by atoms with Gasteiger partial charge in [-0.05, 0) is 56.1 Å². The SMILES string of the molecule is COc1ccc(S(=O)(=O)CC(C)C(=O)NCC2CCCNC2)cc1. The molecule has 2 atom stereocenters. The highest BCUT2D eigenvalue weighted by molar-refractivity contribution is 7.91. The van der Waals surface area contributed by atoms with E-state index in [9.17, 15) is 13.2 Å². The van der Waals surface area contributed by atoms with Crippen molar-refractivity contribution < 1.29 is 17.9 Å². The minimum atomic E-state index is -3.50. The van der Waals surface area contributed by atoms with Crippen LogP contribution in [0.5, 0.6) is 5.75 Å². The summed E-state index contributed by atoms with van der Waals surface area (Å²) in [5, 5.41) is 6.18. The van der Waals surface area contributed by atoms with E-state index in [1.54, 1.807) is 19.1 Å². The highest BCUT2D eigenvalue weighted by atomic mass is 32.2. The van der Waals surface area contributed by atoms with Gasteiger partial charge < -0.3 is 15.4 Å². The fraction of sp³-hybridized carbons (Fsp3) is 0.588. The first kappa shape index (κ1) is 18.7. The van der Waals surface area contributed by atoms with Gasteiger partial charge in [-0.15, -0.1) is 0 Å². The molecule has 2 unspecified atom stereocenters. The van der Waals surface area contributed by atoms with E-state index >= 15 is 0 Å². The second-order valence-electron chi connectivity index (χ2n) is 6.32. The van der Waals surface area contributed by atoms with Gasteiger partial charge in [-0.25, -0.2) is 8.42 Å². The van der Waals surface area contributed by atoms with Crippen molar-refractivity contribution in [2.75, 3.05) is 32.5 Å². The molecule has 7 heteroatoms. The summed E-state index contributed by atoms with van der Waals surface area (Å²) in [6.45, 7) is 4.17. The number of carbonyl (C=O) groups is 1. The second kappa shape index (κ2) is 8.48. The Kier molecular flexibility index (Phi) is 6.62. The normalized spacial score (nSPS) is 19.5. The van der Waals surface area contributed by atoms with Crippen LogP contribution in [0.2, 0.25) is 0 Å². The Bertz CT molecular complexity index is 637. The van der Waals surface area contributed by atoms with Crippen LogP contribution in [-0.2, 0) is 14.6 Å². The third-order valence-corrected chi connectivity index (χ3v) is 6.23. The maximum Gasteiger partial charge on any atom is 0.223 e. The molecule has 1 aromatic rings. The summed E-state index contributed by atoms with van der Waals surface area (Å²) < 4.78 is 29.9. The van der Waals surface area contributed by atoms with Crippen LogP contribution in [0.15, 0.2) is 29.2 Å². The third kappa shape index (κ3) is 5.21. The summed E-state index contributed by atoms with van der Waals surface area (Å²) in [7, 11) is -1.98. The van der Waals surface area contributed by atoms with Gasteiger partial charge in [0, 0.05) is 12.5 Å². The van der Waals surface area contributed by atoms with Crippen LogP contribution in [0.3, 0.4) is 0 Å². The van der Waals surface area contributed by atoms with E-state index in [4.69, 9.17) is 4.74 Å². The molecule has 1 amide bonds. The first-order valence-electron chi connectivity index (χ1n) is 8.27. The van der Waals surface area contributed by atoms with Crippen LogP contribution in [0.1, 0.15) is 19.8 Å². The van der Waals surface area contributed by atoms with Gasteiger partial charge in [0.1, 0.15) is 5.75 Å². The monoisotopic (exact) mass is 354 g/mol. The maximum atomic E-state index is 12.4. The van der Waals surface area contributed by atoms with Crippen LogP contribution >= 0.6 is 0 Å². The molecule has 2 rings (SSSR count). The number of benzene rings is 1. The van der Waals surface area contributed by atoms with Crippen molar-refractivity contribution in [3.63, 3.8) is 0 Å². The smallest absolute Gasteiger partial charge is 0.223 e. The van der Waals surface area contributed by atoms with Crippen LogP contribution in [0, 0.1) is 11.8 Å². The standard InChI is InChI=1S/C17H26N2O4S/c1-13(17(20)19-11-14-4-3-9-18-10-14)12-24(21,22)16-7-5-15(23-2)6-8-16/h5-8,13-14,18H,3-4,9-12H2,1-2H3,(H,19,20). The Morgan fingerprint density at radius 2 is 2.08 bits per heavy atom. The predicted molar refractivity (Wildman–Crippen MR) is 92.8 cm³/mol. The zero-order valence-corrected chi connectivity index (χ0v) is 15.1. The molecular weight excluding hydrogens is 328 g/mol. The van der Waals surface area contributed by atoms with Crippen molar-refractivity contribution in [1.29, 1.82) is 0 Å². The molecule has 2 N–H and O–H groups in total. The van der Waals surface area contributed by atoms with E-state index in [0.717, 1.165) is 25.9 Å². The highest BCUT2D eigenvalue weighted by Crippen LogP contribution is 2.18. The van der Waals surface area contributed by atoms with Crippen molar-refractivity contribution in [3.05, 3.63) is 24.3 Å². The largest absolute Gasteiger partial charge is 0.497 e. The molecule has 1 aliphatic rings. The van der Waals surface area contributed by atoms with Crippen molar-refractivity contribution in [1.82, 2.24) is 10.6 Å². The average molecular weight is 354 g/mol. The molecule has 0 spiro atoms. The number of methoxy groups -OCH3 is 1. The van der Waals surface area contributed by atoms with E-state index < -0.39 is 15.8 Å². The molecule has 0 saturated carbocycles. The molecule has 134 valence electrons. The van der Waals surface area contributed by atoms with Gasteiger partial charge in [0.05, 0.1) is 17.8 Å². The van der Waals surface area contributed by atoms with E-state index in [2.05, 4.69) is 10.6 Å². The Balaban J connectivity index is 1.88. The Morgan fingerprint density at radius 1 is 1.38 bits per heavy atom. The second-order valence-corrected chi connectivity index (χ2v) is 8.35. The number of carbonyl (C=O) groups excluding carboxylic acids is 1. The van der Waals surface area contributed by atoms with Crippen molar-refractivity contribution in [2.45, 2.75) is 24.7 Å². The van der Waals surface area contributed by atoms with E-state index in [0.29, 0.717) is 18.2 Å². The quantitative estimate of drug-likeness (QED) is 0.769. The minimum absolute atomic E-state index is 0.200. The summed E-state index contributed by atoms with van der Waals surface area (Å²) >= 11 is 0. The van der Waals surface area contributed by atoms with Crippen LogP contribution in [0.4, 0.5) is 0 Å². The van der Waals surface area contributed by atoms with Crippen molar-refractivity contribution >= 4 is 15.7 Å². The van der Waals surface area contributed by atoms with Gasteiger partial charge in [-0.1, -0.05) is 6.92 Å². The van der Waals surface area contributed by atoms with Crippen LogP contribution < -0.4 is 15.4 Å². The molecule has 1 fully saturated rings. The topological polar surface area (TPSA) is 84.5 Å². The van der Waals surface area contributed by atoms with Gasteiger partial charge >= 0.3 is 0 Å². The molecule has 0 bridgehead atoms. The summed E-state index contributed by atoms with van der Waals surface area (Å²) in [6, 6.07) is 6.22. The molecule has 0 aliphatic carbocycles. The van der Waals surface area contributed by atoms with Crippen LogP contribution in [0.25, 0.3) is 0 Å². The predicted octanol–water partition coefficient (Wildman–Crippen LogP) is 1.22. The zero-order chi connectivity index (χ0) is 17.6. The lowest BCUT2D eigenvalue weighted by Gasteiger charge is -2.23. The molecule has 6 nitrogen and oxygen atoms in total. The number of nitrogens with one attached hydrogen (secondary N) is 2. The first-order chi connectivity index (χ1) is 11.4. The van der Waals surface area contributed by atoms with E-state index in [-0.39, 0.29) is 16.6 Å². The van der Waals surface area contributed by atoms with Crippen molar-refractivity contribution in [2.24, 2.45) is 11.8 Å². The molecule has 1 saturated heterocycles. The molecule has 0 radical (unpaired) electrons. The number of sulfone groups is 1.